The van der Waals surface area contributed by atoms with E-state index in [9.17, 15) is 56.5 Å². The van der Waals surface area contributed by atoms with Gasteiger partial charge in [-0.25, -0.2) is 0 Å². The van der Waals surface area contributed by atoms with Crippen molar-refractivity contribution in [3.05, 3.63) is 169 Å². The Morgan fingerprint density at radius 2 is 0.893 bits per heavy atom. The van der Waals surface area contributed by atoms with Crippen LogP contribution in [0.3, 0.4) is 0 Å². The molecule has 0 radical (unpaired) electrons. The van der Waals surface area contributed by atoms with Crippen molar-refractivity contribution in [1.82, 2.24) is 16.0 Å². The third kappa shape index (κ3) is 19.1. The smallest absolute Gasteiger partial charge is 0.200 e. The summed E-state index contributed by atoms with van der Waals surface area (Å²) in [6, 6.07) is 27.2. The van der Waals surface area contributed by atoms with E-state index in [1.165, 1.54) is 30.3 Å². The van der Waals surface area contributed by atoms with Crippen LogP contribution in [0.2, 0.25) is 0 Å². The van der Waals surface area contributed by atoms with Crippen molar-refractivity contribution in [3.8, 4) is 63.9 Å². The fraction of sp³-hybridized carbons (Fsp3) is 0.113. The Hall–Kier alpha value is -6.21. The Kier molecular flexibility index (Phi) is 25.0. The summed E-state index contributed by atoms with van der Waals surface area (Å²) in [4.78, 5) is 0.978. The number of nitrogens with zero attached hydrogens (tertiary/aromatic N) is 2. The number of phenolic OH excluding ortho intramolecular Hbond substituents is 9. The number of hydrogen-bond donors (Lipinski definition) is 12. The van der Waals surface area contributed by atoms with Gasteiger partial charge in [0.15, 0.2) is 40.2 Å². The minimum absolute atomic E-state index is 0. The number of rotatable bonds is 12. The maximum Gasteiger partial charge on any atom is 0.200 e. The summed E-state index contributed by atoms with van der Waals surface area (Å²) in [5.41, 5.74) is 6.18. The molecule has 0 unspecified atom stereocenters. The summed E-state index contributed by atoms with van der Waals surface area (Å²) < 4.78 is 3.30. The highest BCUT2D eigenvalue weighted by atomic mass is 79.9. The lowest BCUT2D eigenvalue weighted by Gasteiger charge is -2.10. The number of nitriles is 2. The number of benzene rings is 6. The van der Waals surface area contributed by atoms with E-state index < -0.39 is 17.2 Å². The quantitative estimate of drug-likeness (QED) is 0.0235. The molecule has 0 aliphatic rings. The van der Waals surface area contributed by atoms with E-state index in [0.29, 0.717) is 54.3 Å². The summed E-state index contributed by atoms with van der Waals surface area (Å²) in [7, 11) is 0. The molecule has 0 aliphatic heterocycles. The van der Waals surface area contributed by atoms with Crippen LogP contribution in [0.4, 0.5) is 0 Å². The topological polar surface area (TPSA) is 266 Å². The third-order valence-electron chi connectivity index (χ3n) is 10.0. The van der Waals surface area contributed by atoms with Crippen molar-refractivity contribution in [3.63, 3.8) is 0 Å². The van der Waals surface area contributed by atoms with E-state index in [0.717, 1.165) is 41.2 Å². The zero-order valence-electron chi connectivity index (χ0n) is 38.5. The molecule has 0 aromatic heterocycles. The van der Waals surface area contributed by atoms with Crippen molar-refractivity contribution < 1.29 is 46.0 Å². The number of halogens is 5. The first kappa shape index (κ1) is 63.1. The van der Waals surface area contributed by atoms with E-state index in [4.69, 9.17) is 36.7 Å². The van der Waals surface area contributed by atoms with Gasteiger partial charge in [-0.3, -0.25) is 0 Å². The molecule has 0 amide bonds. The molecule has 6 rings (SSSR count). The van der Waals surface area contributed by atoms with Crippen LogP contribution in [0, 0.1) is 36.5 Å². The van der Waals surface area contributed by atoms with Gasteiger partial charge in [0.1, 0.15) is 33.6 Å². The summed E-state index contributed by atoms with van der Waals surface area (Å²) in [6.45, 7) is 4.68. The Labute approximate surface area is 491 Å². The number of nitrogens with one attached hydrogen (secondary N) is 3. The molecule has 0 fully saturated rings. The Bertz CT molecular complexity index is 3210. The predicted molar refractivity (Wildman–Crippen MR) is 323 cm³/mol. The fourth-order valence-corrected chi connectivity index (χ4v) is 8.86. The van der Waals surface area contributed by atoms with Gasteiger partial charge >= 0.3 is 0 Å². The highest BCUT2D eigenvalue weighted by Gasteiger charge is 2.13. The van der Waals surface area contributed by atoms with Crippen LogP contribution in [0.5, 0.6) is 51.7 Å². The molecule has 0 saturated carbocycles. The van der Waals surface area contributed by atoms with Crippen LogP contribution in [0.1, 0.15) is 51.9 Å². The monoisotopic (exact) mass is 1390 g/mol. The molecule has 0 saturated heterocycles. The normalized spacial score (nSPS) is 10.8. The Balaban J connectivity index is 0.000000295. The van der Waals surface area contributed by atoms with Crippen molar-refractivity contribution in [2.24, 2.45) is 0 Å². The molecule has 0 heterocycles. The van der Waals surface area contributed by atoms with Gasteiger partial charge < -0.3 is 61.9 Å². The van der Waals surface area contributed by atoms with E-state index >= 15 is 0 Å². The van der Waals surface area contributed by atoms with E-state index in [1.54, 1.807) is 49.4 Å². The van der Waals surface area contributed by atoms with Gasteiger partial charge in [-0.15, -0.1) is 0 Å². The number of hydrogen-bond acceptors (Lipinski definition) is 14. The Morgan fingerprint density at radius 3 is 1.33 bits per heavy atom. The minimum Gasteiger partial charge on any atom is -0.508 e. The lowest BCUT2D eigenvalue weighted by atomic mass is 10.1. The predicted octanol–water partition coefficient (Wildman–Crippen LogP) is 13.7. The van der Waals surface area contributed by atoms with Crippen LogP contribution in [-0.2, 0) is 19.6 Å². The largest absolute Gasteiger partial charge is 0.508 e. The summed E-state index contributed by atoms with van der Waals surface area (Å²) in [5.74, 6) is -2.11. The van der Waals surface area contributed by atoms with Gasteiger partial charge in [0, 0.05) is 44.2 Å². The second-order valence-electron chi connectivity index (χ2n) is 15.5. The first-order chi connectivity index (χ1) is 34.9. The van der Waals surface area contributed by atoms with Gasteiger partial charge in [-0.1, -0.05) is 110 Å². The maximum absolute atomic E-state index is 9.85. The van der Waals surface area contributed by atoms with Crippen LogP contribution >= 0.6 is 116 Å². The molecule has 12 N–H and O–H groups in total. The molecule has 6 aromatic carbocycles. The minimum atomic E-state index is -0.633. The molecule has 0 atom stereocenters. The highest BCUT2D eigenvalue weighted by Crippen LogP contribution is 2.37. The number of thiocarbonyl (C=S) groups is 3. The Morgan fingerprint density at radius 1 is 0.493 bits per heavy atom. The molecule has 0 aliphatic carbocycles. The zero-order valence-corrected chi connectivity index (χ0v) is 48.9. The third-order valence-corrected chi connectivity index (χ3v) is 14.4. The molecular formula is C53H46Br5N5O9S3. The van der Waals surface area contributed by atoms with Crippen LogP contribution in [0.25, 0.3) is 18.2 Å². The molecular weight excluding hydrogens is 1350 g/mol. The standard InChI is InChI=1S/C18H15BrN2O4S.C17H12Br2N2O2S.C17H15Br2NO3S.CH4/c1-9-13(19)3-11(6-14(9)22)8-21-18(26)12(7-20)2-10-4-15(23)17(25)16(24)5-10;18-13-3-1-2-10(5-13)4-12(8-20)17(24)21-9-11-6-14(19)16(23)15(22)7-11;1-9-12(18)5-11(7-14(9)21)8-20-16(24)3-2-10-4-13(19)17(23)15(22)6-10;/h2-6,22-25H,8H2,1H3,(H,21,26);1-7,22-23H,9H2,(H,21,24);2-7,21-23H,8H2,1H3,(H,20,24);1H4/b12-2+;12-4+;3-2+;. The SMILES string of the molecule is C.Cc1c(O)cc(CNC(=S)/C(C#N)=C/c2cc(O)c(O)c(O)c2)cc1Br.Cc1c(O)cc(CNC(=S)/C=C/c2cc(O)c(O)c(Br)c2)cc1Br.N#C/C(=C\c1cccc(Br)c1)C(=S)NCc1cc(O)c(O)c(Br)c1. The van der Waals surface area contributed by atoms with Crippen molar-refractivity contribution >= 4 is 149 Å². The average molecular weight is 1390 g/mol. The highest BCUT2D eigenvalue weighted by molar-refractivity contribution is 9.11. The summed E-state index contributed by atoms with van der Waals surface area (Å²) in [6.07, 6.45) is 6.49. The summed E-state index contributed by atoms with van der Waals surface area (Å²) >= 11 is 32.2. The second-order valence-corrected chi connectivity index (χ2v) is 21.1. The molecule has 22 heteroatoms. The number of phenols is 9. The van der Waals surface area contributed by atoms with Gasteiger partial charge in [-0.05, 0) is 170 Å². The first-order valence-electron chi connectivity index (χ1n) is 21.0. The molecule has 6 aromatic rings. The van der Waals surface area contributed by atoms with Crippen LogP contribution in [-0.4, -0.2) is 60.9 Å². The van der Waals surface area contributed by atoms with E-state index in [-0.39, 0.29) is 59.0 Å². The van der Waals surface area contributed by atoms with Crippen molar-refractivity contribution in [2.45, 2.75) is 40.9 Å². The van der Waals surface area contributed by atoms with Crippen LogP contribution < -0.4 is 16.0 Å². The first-order valence-corrected chi connectivity index (χ1v) is 26.2. The zero-order chi connectivity index (χ0) is 55.0. The van der Waals surface area contributed by atoms with E-state index in [2.05, 4.69) is 102 Å². The second kappa shape index (κ2) is 29.8. The van der Waals surface area contributed by atoms with Gasteiger partial charge in [0.05, 0.1) is 25.1 Å². The maximum atomic E-state index is 9.85. The summed E-state index contributed by atoms with van der Waals surface area (Å²) in [5, 5.41) is 114. The lowest BCUT2D eigenvalue weighted by molar-refractivity contribution is 0.368. The van der Waals surface area contributed by atoms with Gasteiger partial charge in [-0.2, -0.15) is 10.5 Å². The molecule has 390 valence electrons. The van der Waals surface area contributed by atoms with Gasteiger partial charge in [0.25, 0.3) is 0 Å². The van der Waals surface area contributed by atoms with Crippen LogP contribution in [0.15, 0.2) is 125 Å². The van der Waals surface area contributed by atoms with Crippen molar-refractivity contribution in [2.75, 3.05) is 0 Å². The fourth-order valence-electron chi connectivity index (χ4n) is 5.99. The lowest BCUT2D eigenvalue weighted by Crippen LogP contribution is -2.22. The molecule has 0 bridgehead atoms. The molecule has 0 spiro atoms. The van der Waals surface area contributed by atoms with Crippen molar-refractivity contribution in [1.29, 1.82) is 10.5 Å². The van der Waals surface area contributed by atoms with E-state index in [1.807, 2.05) is 49.4 Å². The molecule has 75 heavy (non-hydrogen) atoms. The molecule has 14 nitrogen and oxygen atoms in total. The number of aromatic hydroxyl groups is 9. The van der Waals surface area contributed by atoms with Gasteiger partial charge in [0.2, 0.25) is 0 Å². The average Bonchev–Trinajstić information content (AvgIpc) is 3.35.